The number of pyridine rings is 3. The number of anilines is 2. The minimum absolute atomic E-state index is 0.0350. The van der Waals surface area contributed by atoms with Crippen LogP contribution >= 0.6 is 0 Å². The maximum Gasteiger partial charge on any atom is 0.313 e. The number of rotatable bonds is 10. The minimum atomic E-state index is -2.59. The average Bonchev–Trinajstić information content (AvgIpc) is 2.96. The molecule has 0 bridgehead atoms. The molecule has 8 nitrogen and oxygen atoms in total. The Bertz CT molecular complexity index is 1370. The molecule has 3 aromatic rings. The Morgan fingerprint density at radius 2 is 1.81 bits per heavy atom. The molecule has 3 aromatic heterocycles. The number of aromatic nitrogens is 3. The highest BCUT2D eigenvalue weighted by Gasteiger charge is 2.39. The van der Waals surface area contributed by atoms with E-state index in [1.54, 1.807) is 13.1 Å². The van der Waals surface area contributed by atoms with Crippen molar-refractivity contribution in [2.45, 2.75) is 71.4 Å². The van der Waals surface area contributed by atoms with Gasteiger partial charge in [0.2, 0.25) is 6.73 Å². The maximum absolute atomic E-state index is 13.1. The van der Waals surface area contributed by atoms with Gasteiger partial charge in [-0.3, -0.25) is 14.3 Å². The van der Waals surface area contributed by atoms with Crippen LogP contribution in [0.15, 0.2) is 48.8 Å². The molecule has 1 fully saturated rings. The third-order valence-corrected chi connectivity index (χ3v) is 8.63. The van der Waals surface area contributed by atoms with E-state index < -0.39 is 12.0 Å². The Morgan fingerprint density at radius 3 is 2.43 bits per heavy atom. The van der Waals surface area contributed by atoms with Gasteiger partial charge in [0.15, 0.2) is 0 Å². The number of alkyl halides is 2. The monoisotopic (exact) mass is 582 g/mol. The molecule has 1 saturated carbocycles. The van der Waals surface area contributed by atoms with Gasteiger partial charge in [-0.25, -0.2) is 18.7 Å². The van der Waals surface area contributed by atoms with E-state index in [4.69, 9.17) is 4.74 Å². The number of carbonyl (C=O) groups excluding carboxylic acids is 1. The lowest BCUT2D eigenvalue weighted by Gasteiger charge is -2.37. The van der Waals surface area contributed by atoms with Gasteiger partial charge in [0.05, 0.1) is 37.4 Å². The third kappa shape index (κ3) is 7.46. The molecule has 0 aromatic carbocycles. The molecular formula is C32H42F2N5O3+. The molecule has 0 spiro atoms. The van der Waals surface area contributed by atoms with E-state index in [-0.39, 0.29) is 29.2 Å². The first-order valence-corrected chi connectivity index (χ1v) is 14.4. The van der Waals surface area contributed by atoms with Crippen molar-refractivity contribution in [3.05, 3.63) is 65.6 Å². The standard InChI is InChI=1S/C32H42F2N5O3/c1-20(2)39(5,6)19-42-31(40)22-7-10-25(11-8-22)32(4,41)27-12-9-24(18-36-27)26-15-21(3)16-29(37-26)38-28-17-23(30(33)34)13-14-35-28/h9,12-18,20,22,25,30,41H,7-8,10-11,19H2,1-6H3,(H,35,37,38)/q+1/t22?,25?,32-/m1/s1. The summed E-state index contributed by atoms with van der Waals surface area (Å²) in [5.41, 5.74) is 1.62. The van der Waals surface area contributed by atoms with Gasteiger partial charge in [0, 0.05) is 23.5 Å². The number of aliphatic hydroxyl groups is 1. The number of nitrogens with zero attached hydrogens (tertiary/aromatic N) is 4. The van der Waals surface area contributed by atoms with Crippen LogP contribution in [0.2, 0.25) is 0 Å². The summed E-state index contributed by atoms with van der Waals surface area (Å²) < 4.78 is 32.4. The largest absolute Gasteiger partial charge is 0.415 e. The van der Waals surface area contributed by atoms with Crippen LogP contribution in [0.4, 0.5) is 20.4 Å². The van der Waals surface area contributed by atoms with E-state index in [2.05, 4.69) is 34.1 Å². The van der Waals surface area contributed by atoms with Crippen molar-refractivity contribution >= 4 is 17.6 Å². The molecule has 0 saturated heterocycles. The molecule has 0 radical (unpaired) electrons. The predicted octanol–water partition coefficient (Wildman–Crippen LogP) is 6.53. The van der Waals surface area contributed by atoms with Gasteiger partial charge >= 0.3 is 5.97 Å². The molecule has 0 aliphatic heterocycles. The Balaban J connectivity index is 1.40. The van der Waals surface area contributed by atoms with E-state index in [1.165, 1.54) is 18.3 Å². The summed E-state index contributed by atoms with van der Waals surface area (Å²) >= 11 is 0. The minimum Gasteiger partial charge on any atom is -0.415 e. The van der Waals surface area contributed by atoms with Crippen molar-refractivity contribution in [3.8, 4) is 11.3 Å². The van der Waals surface area contributed by atoms with E-state index >= 15 is 0 Å². The van der Waals surface area contributed by atoms with E-state index in [0.717, 1.165) is 11.1 Å². The highest BCUT2D eigenvalue weighted by Crippen LogP contribution is 2.41. The van der Waals surface area contributed by atoms with Crippen LogP contribution in [0.25, 0.3) is 11.3 Å². The van der Waals surface area contributed by atoms with Crippen LogP contribution in [0.3, 0.4) is 0 Å². The van der Waals surface area contributed by atoms with Crippen molar-refractivity contribution in [3.63, 3.8) is 0 Å². The lowest BCUT2D eigenvalue weighted by atomic mass is 9.73. The second-order valence-corrected chi connectivity index (χ2v) is 12.4. The first kappa shape index (κ1) is 31.4. The van der Waals surface area contributed by atoms with Gasteiger partial charge in [-0.2, -0.15) is 0 Å². The fourth-order valence-electron chi connectivity index (χ4n) is 5.10. The van der Waals surface area contributed by atoms with Crippen LogP contribution in [-0.2, 0) is 15.1 Å². The summed E-state index contributed by atoms with van der Waals surface area (Å²) in [5, 5.41) is 14.5. The second kappa shape index (κ2) is 12.8. The van der Waals surface area contributed by atoms with E-state index in [9.17, 15) is 18.7 Å². The number of quaternary nitrogens is 1. The third-order valence-electron chi connectivity index (χ3n) is 8.63. The van der Waals surface area contributed by atoms with Gasteiger partial charge in [-0.05, 0) is 101 Å². The fourth-order valence-corrected chi connectivity index (χ4v) is 5.10. The van der Waals surface area contributed by atoms with Crippen molar-refractivity contribution in [1.82, 2.24) is 15.0 Å². The summed E-state index contributed by atoms with van der Waals surface area (Å²) in [6.45, 7) is 8.26. The average molecular weight is 583 g/mol. The lowest BCUT2D eigenvalue weighted by molar-refractivity contribution is -0.927. The summed E-state index contributed by atoms with van der Waals surface area (Å²) in [5.74, 6) is 0.416. The smallest absolute Gasteiger partial charge is 0.313 e. The molecule has 0 amide bonds. The number of ether oxygens (including phenoxy) is 1. The van der Waals surface area contributed by atoms with Crippen LogP contribution in [-0.4, -0.2) is 57.4 Å². The topological polar surface area (TPSA) is 97.2 Å². The number of halogens is 2. The molecular weight excluding hydrogens is 540 g/mol. The highest BCUT2D eigenvalue weighted by atomic mass is 19.3. The van der Waals surface area contributed by atoms with Gasteiger partial charge < -0.3 is 15.2 Å². The van der Waals surface area contributed by atoms with E-state index in [0.29, 0.717) is 60.1 Å². The number of aryl methyl sites for hydroxylation is 1. The zero-order valence-corrected chi connectivity index (χ0v) is 25.3. The molecule has 1 atom stereocenters. The van der Waals surface area contributed by atoms with Crippen molar-refractivity contribution in [1.29, 1.82) is 0 Å². The highest BCUT2D eigenvalue weighted by molar-refractivity contribution is 5.72. The molecule has 42 heavy (non-hydrogen) atoms. The Kier molecular flexibility index (Phi) is 9.57. The molecule has 10 heteroatoms. The Labute approximate surface area is 246 Å². The molecule has 1 aliphatic rings. The number of hydrogen-bond acceptors (Lipinski definition) is 7. The quantitative estimate of drug-likeness (QED) is 0.159. The van der Waals surface area contributed by atoms with Gasteiger partial charge in [0.25, 0.3) is 6.43 Å². The molecule has 3 heterocycles. The number of hydrogen-bond donors (Lipinski definition) is 2. The Hall–Kier alpha value is -3.50. The summed E-state index contributed by atoms with van der Waals surface area (Å²) in [4.78, 5) is 26.1. The predicted molar refractivity (Wildman–Crippen MR) is 158 cm³/mol. The summed E-state index contributed by atoms with van der Waals surface area (Å²) in [6, 6.07) is 10.3. The molecule has 2 N–H and O–H groups in total. The van der Waals surface area contributed by atoms with Crippen LogP contribution in [0, 0.1) is 18.8 Å². The summed E-state index contributed by atoms with van der Waals surface area (Å²) in [7, 11) is 4.09. The molecule has 0 unspecified atom stereocenters. The zero-order valence-electron chi connectivity index (χ0n) is 25.3. The van der Waals surface area contributed by atoms with Gasteiger partial charge in [-0.15, -0.1) is 0 Å². The lowest BCUT2D eigenvalue weighted by Crippen LogP contribution is -2.48. The maximum atomic E-state index is 13.1. The van der Waals surface area contributed by atoms with Gasteiger partial charge in [-0.1, -0.05) is 0 Å². The fraction of sp³-hybridized carbons (Fsp3) is 0.500. The normalized spacial score (nSPS) is 19.0. The molecule has 226 valence electrons. The number of esters is 1. The molecule has 4 rings (SSSR count). The van der Waals surface area contributed by atoms with Crippen molar-refractivity contribution < 1.29 is 27.9 Å². The first-order valence-electron chi connectivity index (χ1n) is 14.4. The van der Waals surface area contributed by atoms with Crippen LogP contribution in [0.1, 0.15) is 69.7 Å². The first-order chi connectivity index (χ1) is 19.8. The second-order valence-electron chi connectivity index (χ2n) is 12.4. The van der Waals surface area contributed by atoms with Crippen LogP contribution < -0.4 is 5.32 Å². The Morgan fingerprint density at radius 1 is 1.10 bits per heavy atom. The zero-order chi connectivity index (χ0) is 30.7. The summed E-state index contributed by atoms with van der Waals surface area (Å²) in [6.07, 6.45) is 3.18. The van der Waals surface area contributed by atoms with Crippen molar-refractivity contribution in [2.75, 3.05) is 26.1 Å². The number of carbonyl (C=O) groups is 1. The number of nitrogens with one attached hydrogen (secondary N) is 1. The SMILES string of the molecule is Cc1cc(Nc2cc(C(F)F)ccn2)nc(-c2ccc([C@](C)(O)C3CCC(C(=O)OC[N+](C)(C)C(C)C)CC3)nc2)c1. The molecule has 1 aliphatic carbocycles. The van der Waals surface area contributed by atoms with Gasteiger partial charge in [0.1, 0.15) is 17.2 Å². The van der Waals surface area contributed by atoms with E-state index in [1.807, 2.05) is 45.3 Å². The van der Waals surface area contributed by atoms with Crippen LogP contribution in [0.5, 0.6) is 0 Å². The van der Waals surface area contributed by atoms with Crippen molar-refractivity contribution in [2.24, 2.45) is 11.8 Å².